The van der Waals surface area contributed by atoms with Gasteiger partial charge < -0.3 is 25.4 Å². The maximum absolute atomic E-state index is 5.91. The fourth-order valence-electron chi connectivity index (χ4n) is 1.84. The second-order valence-electron chi connectivity index (χ2n) is 4.91. The lowest BCUT2D eigenvalue weighted by Crippen LogP contribution is -2.22. The quantitative estimate of drug-likeness (QED) is 0.390. The van der Waals surface area contributed by atoms with Crippen LogP contribution in [0.1, 0.15) is 5.69 Å². The number of nitrogens with one attached hydrogen (secondary N) is 1. The molecule has 0 aliphatic rings. The third-order valence-electron chi connectivity index (χ3n) is 2.99. The summed E-state index contributed by atoms with van der Waals surface area (Å²) in [5.41, 5.74) is 7.57. The summed E-state index contributed by atoms with van der Waals surface area (Å²) >= 11 is 1.58. The molecular formula is C15H22IN5O2S. The van der Waals surface area contributed by atoms with Crippen LogP contribution in [0.5, 0.6) is 11.5 Å². The van der Waals surface area contributed by atoms with Crippen LogP contribution in [0.2, 0.25) is 0 Å². The molecule has 24 heavy (non-hydrogen) atoms. The van der Waals surface area contributed by atoms with E-state index in [9.17, 15) is 0 Å². The van der Waals surface area contributed by atoms with Gasteiger partial charge in [-0.1, -0.05) is 0 Å². The Morgan fingerprint density at radius 3 is 2.58 bits per heavy atom. The van der Waals surface area contributed by atoms with Crippen molar-refractivity contribution in [1.29, 1.82) is 0 Å². The van der Waals surface area contributed by atoms with Crippen molar-refractivity contribution in [3.8, 4) is 11.5 Å². The number of hydrogen-bond donors (Lipinski definition) is 2. The fourth-order valence-corrected chi connectivity index (χ4v) is 2.59. The van der Waals surface area contributed by atoms with Gasteiger partial charge in [0, 0.05) is 31.2 Å². The molecule has 1 aromatic carbocycles. The first-order chi connectivity index (χ1) is 11.0. The van der Waals surface area contributed by atoms with E-state index in [1.54, 1.807) is 37.7 Å². The Morgan fingerprint density at radius 2 is 2.00 bits per heavy atom. The molecule has 0 aliphatic heterocycles. The van der Waals surface area contributed by atoms with Crippen molar-refractivity contribution in [3.63, 3.8) is 0 Å². The molecule has 0 saturated carbocycles. The molecule has 9 heteroatoms. The highest BCUT2D eigenvalue weighted by Gasteiger charge is 2.06. The van der Waals surface area contributed by atoms with E-state index in [1.165, 1.54) is 0 Å². The first-order valence-corrected chi connectivity index (χ1v) is 7.82. The highest BCUT2D eigenvalue weighted by Crippen LogP contribution is 2.29. The zero-order valence-corrected chi connectivity index (χ0v) is 17.2. The molecule has 0 saturated heterocycles. The molecule has 7 nitrogen and oxygen atoms in total. The van der Waals surface area contributed by atoms with Crippen molar-refractivity contribution in [2.45, 2.75) is 6.54 Å². The van der Waals surface area contributed by atoms with Crippen molar-refractivity contribution >= 4 is 52.1 Å². The van der Waals surface area contributed by atoms with Crippen molar-refractivity contribution in [2.75, 3.05) is 38.5 Å². The van der Waals surface area contributed by atoms with Crippen LogP contribution >= 0.6 is 35.3 Å². The van der Waals surface area contributed by atoms with Gasteiger partial charge in [0.15, 0.2) is 22.6 Å². The van der Waals surface area contributed by atoms with E-state index in [-0.39, 0.29) is 24.0 Å². The number of aromatic nitrogens is 1. The summed E-state index contributed by atoms with van der Waals surface area (Å²) in [5, 5.41) is 5.95. The first kappa shape index (κ1) is 20.3. The predicted octanol–water partition coefficient (Wildman–Crippen LogP) is 2.77. The molecule has 0 aliphatic carbocycles. The number of benzene rings is 1. The van der Waals surface area contributed by atoms with Gasteiger partial charge in [0.05, 0.1) is 26.5 Å². The van der Waals surface area contributed by atoms with Gasteiger partial charge in [0.2, 0.25) is 0 Å². The molecular weight excluding hydrogens is 441 g/mol. The van der Waals surface area contributed by atoms with Crippen LogP contribution < -0.4 is 25.4 Å². The van der Waals surface area contributed by atoms with Gasteiger partial charge in [0.1, 0.15) is 0 Å². The maximum atomic E-state index is 5.91. The molecule has 1 heterocycles. The topological polar surface area (TPSA) is 85.0 Å². The van der Waals surface area contributed by atoms with Crippen molar-refractivity contribution in [2.24, 2.45) is 10.7 Å². The summed E-state index contributed by atoms with van der Waals surface area (Å²) in [5.74, 6) is 1.60. The van der Waals surface area contributed by atoms with Crippen molar-refractivity contribution in [1.82, 2.24) is 4.98 Å². The molecule has 0 unspecified atom stereocenters. The van der Waals surface area contributed by atoms with Crippen molar-refractivity contribution < 1.29 is 9.47 Å². The standard InChI is InChI=1S/C15H21N5O2S.HI/c1-20(2)15-19-11(9-23-15)8-17-14(16)18-10-5-6-12(21-3)13(7-10)22-4;/h5-7,9H,8H2,1-4H3,(H3,16,17,18);1H. The van der Waals surface area contributed by atoms with Crippen LogP contribution in [0.3, 0.4) is 0 Å². The molecule has 0 radical (unpaired) electrons. The molecule has 0 fully saturated rings. The number of halogens is 1. The van der Waals surface area contributed by atoms with Crippen molar-refractivity contribution in [3.05, 3.63) is 29.3 Å². The lowest BCUT2D eigenvalue weighted by Gasteiger charge is -2.10. The van der Waals surface area contributed by atoms with Crippen LogP contribution in [0.4, 0.5) is 10.8 Å². The SMILES string of the molecule is COc1ccc(NC(N)=NCc2csc(N(C)C)n2)cc1OC.I. The maximum Gasteiger partial charge on any atom is 0.193 e. The number of rotatable bonds is 6. The number of hydrogen-bond acceptors (Lipinski definition) is 6. The number of thiazole rings is 1. The average Bonchev–Trinajstić information content (AvgIpc) is 3.02. The Labute approximate surface area is 162 Å². The molecule has 3 N–H and O–H groups in total. The number of nitrogens with two attached hydrogens (primary N) is 1. The third kappa shape index (κ3) is 5.41. The molecule has 0 spiro atoms. The molecule has 2 aromatic rings. The van der Waals surface area contributed by atoms with Gasteiger partial charge in [-0.05, 0) is 12.1 Å². The second-order valence-corrected chi connectivity index (χ2v) is 5.75. The Hall–Kier alpha value is -1.75. The molecule has 2 rings (SSSR count). The minimum atomic E-state index is 0. The van der Waals surface area contributed by atoms with Crippen LogP contribution in [-0.4, -0.2) is 39.3 Å². The van der Waals surface area contributed by atoms with E-state index >= 15 is 0 Å². The van der Waals surface area contributed by atoms with E-state index in [4.69, 9.17) is 15.2 Å². The van der Waals surface area contributed by atoms with Crippen LogP contribution in [0.15, 0.2) is 28.6 Å². The Bertz CT molecular complexity index is 690. The van der Waals surface area contributed by atoms with E-state index in [0.29, 0.717) is 24.0 Å². The number of ether oxygens (including phenoxy) is 2. The Morgan fingerprint density at radius 1 is 1.29 bits per heavy atom. The summed E-state index contributed by atoms with van der Waals surface area (Å²) in [6.45, 7) is 0.427. The summed E-state index contributed by atoms with van der Waals surface area (Å²) in [6, 6.07) is 5.45. The minimum absolute atomic E-state index is 0. The lowest BCUT2D eigenvalue weighted by molar-refractivity contribution is 0.355. The zero-order valence-electron chi connectivity index (χ0n) is 14.1. The normalized spacial score (nSPS) is 10.8. The van der Waals surface area contributed by atoms with Crippen LogP contribution in [0.25, 0.3) is 0 Å². The summed E-state index contributed by atoms with van der Waals surface area (Å²) in [6.07, 6.45) is 0. The number of nitrogens with zero attached hydrogens (tertiary/aromatic N) is 3. The summed E-state index contributed by atoms with van der Waals surface area (Å²) in [7, 11) is 7.10. The van der Waals surface area contributed by atoms with Gasteiger partial charge in [-0.25, -0.2) is 9.98 Å². The number of anilines is 2. The van der Waals surface area contributed by atoms with E-state index in [2.05, 4.69) is 15.3 Å². The second kappa shape index (κ2) is 9.52. The predicted molar refractivity (Wildman–Crippen MR) is 110 cm³/mol. The molecule has 0 amide bonds. The lowest BCUT2D eigenvalue weighted by atomic mass is 10.3. The summed E-state index contributed by atoms with van der Waals surface area (Å²) in [4.78, 5) is 10.7. The molecule has 0 atom stereocenters. The minimum Gasteiger partial charge on any atom is -0.493 e. The van der Waals surface area contributed by atoms with Gasteiger partial charge in [-0.15, -0.1) is 35.3 Å². The van der Waals surface area contributed by atoms with Gasteiger partial charge in [-0.2, -0.15) is 0 Å². The van der Waals surface area contributed by atoms with Crippen LogP contribution in [0, 0.1) is 0 Å². The number of aliphatic imine (C=N–C) groups is 1. The first-order valence-electron chi connectivity index (χ1n) is 6.94. The molecule has 1 aromatic heterocycles. The average molecular weight is 463 g/mol. The Balaban J connectivity index is 0.00000288. The zero-order chi connectivity index (χ0) is 16.8. The molecule has 132 valence electrons. The summed E-state index contributed by atoms with van der Waals surface area (Å²) < 4.78 is 10.5. The van der Waals surface area contributed by atoms with Gasteiger partial charge in [-0.3, -0.25) is 0 Å². The fraction of sp³-hybridized carbons (Fsp3) is 0.333. The Kier molecular flexibility index (Phi) is 8.05. The van der Waals surface area contributed by atoms with Gasteiger partial charge in [0.25, 0.3) is 0 Å². The van der Waals surface area contributed by atoms with E-state index < -0.39 is 0 Å². The van der Waals surface area contributed by atoms with E-state index in [1.807, 2.05) is 30.4 Å². The largest absolute Gasteiger partial charge is 0.493 e. The number of methoxy groups -OCH3 is 2. The monoisotopic (exact) mass is 463 g/mol. The number of guanidine groups is 1. The van der Waals surface area contributed by atoms with Crippen LogP contribution in [-0.2, 0) is 6.54 Å². The smallest absolute Gasteiger partial charge is 0.193 e. The highest BCUT2D eigenvalue weighted by atomic mass is 127. The van der Waals surface area contributed by atoms with Gasteiger partial charge >= 0.3 is 0 Å². The third-order valence-corrected chi connectivity index (χ3v) is 4.05. The highest BCUT2D eigenvalue weighted by molar-refractivity contribution is 14.0. The molecule has 0 bridgehead atoms. The van der Waals surface area contributed by atoms with E-state index in [0.717, 1.165) is 16.5 Å².